The van der Waals surface area contributed by atoms with Crippen molar-refractivity contribution >= 4 is 96.9 Å². The molecule has 0 bridgehead atoms. The molecule has 13 aromatic rings. The van der Waals surface area contributed by atoms with E-state index in [1.54, 1.807) is 30.3 Å². The molecular formula is C60H25F18N5S. The lowest BCUT2D eigenvalue weighted by Crippen LogP contribution is -2.14. The zero-order chi connectivity index (χ0) is 59.7. The van der Waals surface area contributed by atoms with Crippen molar-refractivity contribution in [2.24, 2.45) is 0 Å². The summed E-state index contributed by atoms with van der Waals surface area (Å²) in [5.41, 5.74) is -12.3. The van der Waals surface area contributed by atoms with Crippen LogP contribution in [0.1, 0.15) is 38.9 Å². The highest BCUT2D eigenvalue weighted by Crippen LogP contribution is 2.51. The van der Waals surface area contributed by atoms with Crippen LogP contribution in [0.15, 0.2) is 152 Å². The van der Waals surface area contributed by atoms with Crippen LogP contribution in [0.25, 0.3) is 114 Å². The summed E-state index contributed by atoms with van der Waals surface area (Å²) in [6, 6.07) is 25.6. The van der Waals surface area contributed by atoms with Gasteiger partial charge in [0, 0.05) is 58.1 Å². The number of hydrogen-bond donors (Lipinski definition) is 0. The standard InChI is InChI=1S/C60H25F18N5S/c61-55(62,63)27-8-14-42-35(20-27)36-21-28(56(64,65)66)9-15-43(36)81(42)52-41(26-79)53(82-44-16-10-29(57(67,68)69)22-37(44)38-23-30(58(70,71)72)11-17-45(38)82)54(80-51(52)34-5-3-7-49-50(34)33-4-1-2-6-48(33)84-49)83-46-18-12-31(59(73,74)75)24-39(46)40-25-32(60(76,77)78)13-19-47(40)83/h1-25H. The molecule has 0 aliphatic carbocycles. The van der Waals surface area contributed by atoms with E-state index in [4.69, 9.17) is 4.98 Å². The van der Waals surface area contributed by atoms with Crippen molar-refractivity contribution < 1.29 is 79.0 Å². The third-order valence-corrected chi connectivity index (χ3v) is 16.0. The monoisotopic (exact) mass is 1190 g/mol. The summed E-state index contributed by atoms with van der Waals surface area (Å²) >= 11 is 1.25. The highest BCUT2D eigenvalue weighted by atomic mass is 32.1. The van der Waals surface area contributed by atoms with Gasteiger partial charge >= 0.3 is 37.1 Å². The first-order chi connectivity index (χ1) is 39.4. The second-order valence-electron chi connectivity index (χ2n) is 19.6. The summed E-state index contributed by atoms with van der Waals surface area (Å²) in [4.78, 5) is 5.25. The number of halogens is 18. The molecule has 0 unspecified atom stereocenters. The predicted octanol–water partition coefficient (Wildman–Crippen LogP) is 20.4. The molecule has 0 aliphatic heterocycles. The Morgan fingerprint density at radius 2 is 0.667 bits per heavy atom. The van der Waals surface area contributed by atoms with Gasteiger partial charge in [-0.25, -0.2) is 4.98 Å². The molecule has 0 aliphatic rings. The lowest BCUT2D eigenvalue weighted by atomic mass is 9.98. The third-order valence-electron chi connectivity index (χ3n) is 14.8. The number of benzene rings is 8. The van der Waals surface area contributed by atoms with Crippen LogP contribution in [0, 0.1) is 11.3 Å². The van der Waals surface area contributed by atoms with E-state index in [0.29, 0.717) is 93.0 Å². The van der Waals surface area contributed by atoms with Gasteiger partial charge in [-0.15, -0.1) is 11.3 Å². The molecule has 13 rings (SSSR count). The third kappa shape index (κ3) is 8.36. The van der Waals surface area contributed by atoms with Crippen molar-refractivity contribution in [3.8, 4) is 34.5 Å². The van der Waals surface area contributed by atoms with Gasteiger partial charge in [0.15, 0.2) is 5.82 Å². The number of alkyl halides is 18. The average Bonchev–Trinajstić information content (AvgIpc) is 3.72. The maximum atomic E-state index is 14.7. The van der Waals surface area contributed by atoms with Crippen molar-refractivity contribution in [1.29, 1.82) is 5.26 Å². The molecule has 24 heteroatoms. The Hall–Kier alpha value is -9.24. The maximum absolute atomic E-state index is 14.7. The average molecular weight is 1190 g/mol. The van der Waals surface area contributed by atoms with Crippen molar-refractivity contribution in [3.63, 3.8) is 0 Å². The fraction of sp³-hybridized carbons (Fsp3) is 0.100. The van der Waals surface area contributed by atoms with Gasteiger partial charge in [0.1, 0.15) is 17.3 Å². The molecule has 0 saturated heterocycles. The molecule has 0 atom stereocenters. The lowest BCUT2D eigenvalue weighted by molar-refractivity contribution is -0.138. The molecule has 5 aromatic heterocycles. The second kappa shape index (κ2) is 17.9. The predicted molar refractivity (Wildman–Crippen MR) is 280 cm³/mol. The SMILES string of the molecule is N#Cc1c(-n2c3ccc(C(F)(F)F)cc3c3cc(C(F)(F)F)ccc32)c(-c2cccc3sc4ccccc4c23)nc(-n2c3ccc(C(F)(F)F)cc3c3cc(C(F)(F)F)ccc32)c1-n1c2ccc(C(F)(F)F)cc2c2cc(C(F)(F)F)ccc21. The van der Waals surface area contributed by atoms with Crippen molar-refractivity contribution in [2.45, 2.75) is 37.1 Å². The van der Waals surface area contributed by atoms with E-state index >= 15 is 0 Å². The molecular weight excluding hydrogens is 1160 g/mol. The molecule has 8 aromatic carbocycles. The summed E-state index contributed by atoms with van der Waals surface area (Å²) in [7, 11) is 0. The zero-order valence-electron chi connectivity index (χ0n) is 41.4. The Balaban J connectivity index is 1.32. The molecule has 0 amide bonds. The van der Waals surface area contributed by atoms with Crippen LogP contribution in [-0.2, 0) is 37.1 Å². The van der Waals surface area contributed by atoms with Crippen molar-refractivity contribution in [3.05, 3.63) is 191 Å². The highest BCUT2D eigenvalue weighted by molar-refractivity contribution is 7.25. The molecule has 0 spiro atoms. The first-order valence-electron chi connectivity index (χ1n) is 24.5. The smallest absolute Gasteiger partial charge is 0.306 e. The van der Waals surface area contributed by atoms with Crippen LogP contribution < -0.4 is 0 Å². The van der Waals surface area contributed by atoms with Crippen LogP contribution in [0.4, 0.5) is 79.0 Å². The van der Waals surface area contributed by atoms with Crippen LogP contribution in [0.2, 0.25) is 0 Å². The Labute approximate surface area is 460 Å². The summed E-state index contributed by atoms with van der Waals surface area (Å²) in [5, 5.41) is 10.0. The number of hydrogen-bond acceptors (Lipinski definition) is 3. The van der Waals surface area contributed by atoms with E-state index in [0.717, 1.165) is 50.1 Å². The van der Waals surface area contributed by atoms with Gasteiger partial charge in [-0.2, -0.15) is 84.3 Å². The molecule has 84 heavy (non-hydrogen) atoms. The number of rotatable bonds is 4. The highest BCUT2D eigenvalue weighted by Gasteiger charge is 2.40. The summed E-state index contributed by atoms with van der Waals surface area (Å²) in [6.07, 6.45) is -30.7. The van der Waals surface area contributed by atoms with Gasteiger partial charge in [-0.1, -0.05) is 30.3 Å². The molecule has 422 valence electrons. The fourth-order valence-electron chi connectivity index (χ4n) is 11.2. The van der Waals surface area contributed by atoms with Crippen molar-refractivity contribution in [2.75, 3.05) is 0 Å². The van der Waals surface area contributed by atoms with Crippen LogP contribution in [-0.4, -0.2) is 18.7 Å². The second-order valence-corrected chi connectivity index (χ2v) is 20.7. The normalized spacial score (nSPS) is 13.3. The molecule has 0 fully saturated rings. The number of fused-ring (bicyclic) bond motifs is 12. The van der Waals surface area contributed by atoms with Gasteiger partial charge in [0.05, 0.1) is 77.9 Å². The number of nitriles is 1. The van der Waals surface area contributed by atoms with E-state index in [-0.39, 0.29) is 33.3 Å². The Bertz CT molecular complexity index is 4800. The number of aromatic nitrogens is 4. The zero-order valence-corrected chi connectivity index (χ0v) is 42.2. The summed E-state index contributed by atoms with van der Waals surface area (Å²) in [6.45, 7) is 0. The van der Waals surface area contributed by atoms with E-state index in [1.807, 2.05) is 0 Å². The number of pyridine rings is 1. The van der Waals surface area contributed by atoms with Crippen LogP contribution >= 0.6 is 11.3 Å². The van der Waals surface area contributed by atoms with Gasteiger partial charge < -0.3 is 9.13 Å². The van der Waals surface area contributed by atoms with E-state index in [9.17, 15) is 84.3 Å². The molecule has 5 heterocycles. The van der Waals surface area contributed by atoms with E-state index in [1.165, 1.54) is 23.5 Å². The van der Waals surface area contributed by atoms with Crippen molar-refractivity contribution in [1.82, 2.24) is 18.7 Å². The van der Waals surface area contributed by atoms with E-state index < -0.39 is 137 Å². The fourth-order valence-corrected chi connectivity index (χ4v) is 12.4. The maximum Gasteiger partial charge on any atom is 0.416 e. The quantitative estimate of drug-likeness (QED) is 0.165. The minimum atomic E-state index is -5.14. The minimum absolute atomic E-state index is 0.0735. The molecule has 0 N–H and O–H groups in total. The molecule has 0 saturated carbocycles. The Kier molecular flexibility index (Phi) is 11.5. The minimum Gasteiger partial charge on any atom is -0.306 e. The summed E-state index contributed by atoms with van der Waals surface area (Å²) < 4.78 is 269. The van der Waals surface area contributed by atoms with Gasteiger partial charge in [0.25, 0.3) is 0 Å². The topological polar surface area (TPSA) is 51.5 Å². The Morgan fingerprint density at radius 3 is 1.01 bits per heavy atom. The summed E-state index contributed by atoms with van der Waals surface area (Å²) in [5.74, 6) is -0.612. The van der Waals surface area contributed by atoms with Crippen LogP contribution in [0.3, 0.4) is 0 Å². The number of thiophene rings is 1. The largest absolute Gasteiger partial charge is 0.416 e. The van der Waals surface area contributed by atoms with Gasteiger partial charge in [0.2, 0.25) is 0 Å². The van der Waals surface area contributed by atoms with E-state index in [2.05, 4.69) is 6.07 Å². The van der Waals surface area contributed by atoms with Crippen LogP contribution in [0.5, 0.6) is 0 Å². The molecule has 5 nitrogen and oxygen atoms in total. The first-order valence-corrected chi connectivity index (χ1v) is 25.3. The molecule has 0 radical (unpaired) electrons. The number of nitrogens with zero attached hydrogens (tertiary/aromatic N) is 5. The first kappa shape index (κ1) is 54.0. The Morgan fingerprint density at radius 1 is 0.345 bits per heavy atom. The van der Waals surface area contributed by atoms with Gasteiger partial charge in [-0.05, 0) is 121 Å². The lowest BCUT2D eigenvalue weighted by Gasteiger charge is -2.24. The van der Waals surface area contributed by atoms with Gasteiger partial charge in [-0.3, -0.25) is 4.57 Å².